The van der Waals surface area contributed by atoms with Crippen molar-refractivity contribution in [3.63, 3.8) is 0 Å². The van der Waals surface area contributed by atoms with E-state index in [0.717, 1.165) is 5.56 Å². The van der Waals surface area contributed by atoms with Gasteiger partial charge in [0.2, 0.25) is 11.8 Å². The smallest absolute Gasteiger partial charge is 0.247 e. The lowest BCUT2D eigenvalue weighted by Crippen LogP contribution is -2.04. The monoisotopic (exact) mass is 301 g/mol. The molecule has 1 aromatic carbocycles. The molecule has 0 aliphatic rings. The molecule has 106 valence electrons. The Morgan fingerprint density at radius 3 is 2.76 bits per heavy atom. The van der Waals surface area contributed by atoms with Crippen molar-refractivity contribution in [3.8, 4) is 17.1 Å². The lowest BCUT2D eigenvalue weighted by Gasteiger charge is -2.08. The predicted molar refractivity (Wildman–Crippen MR) is 81.2 cm³/mol. The zero-order valence-corrected chi connectivity index (χ0v) is 12.0. The van der Waals surface area contributed by atoms with Crippen molar-refractivity contribution < 1.29 is 4.74 Å². The molecule has 2 heterocycles. The van der Waals surface area contributed by atoms with Crippen LogP contribution in [0.25, 0.3) is 22.4 Å². The number of halogens is 1. The molecule has 0 saturated carbocycles. The first-order valence-corrected chi connectivity index (χ1v) is 6.74. The molecule has 2 N–H and O–H groups in total. The van der Waals surface area contributed by atoms with Crippen molar-refractivity contribution in [2.75, 3.05) is 12.3 Å². The van der Waals surface area contributed by atoms with Gasteiger partial charge in [0, 0.05) is 5.56 Å². The Labute approximate surface area is 126 Å². The second kappa shape index (κ2) is 5.49. The fraction of sp³-hybridized carbons (Fsp3) is 0.143. The Morgan fingerprint density at radius 2 is 2.00 bits per heavy atom. The van der Waals surface area contributed by atoms with Crippen LogP contribution in [0.3, 0.4) is 0 Å². The van der Waals surface area contributed by atoms with Crippen LogP contribution in [-0.2, 0) is 0 Å². The molecular formula is C14H12ClN5O. The Balaban J connectivity index is 2.22. The maximum absolute atomic E-state index is 6.19. The number of hydrogen-bond acceptors (Lipinski definition) is 6. The highest BCUT2D eigenvalue weighted by Gasteiger charge is 2.13. The second-order valence-electron chi connectivity index (χ2n) is 4.23. The van der Waals surface area contributed by atoms with E-state index in [9.17, 15) is 0 Å². The number of anilines is 1. The zero-order chi connectivity index (χ0) is 14.8. The van der Waals surface area contributed by atoms with E-state index in [-0.39, 0.29) is 5.95 Å². The van der Waals surface area contributed by atoms with Crippen molar-refractivity contribution in [1.29, 1.82) is 0 Å². The molecule has 0 radical (unpaired) electrons. The standard InChI is InChI=1S/C14H12ClN5O/c1-2-21-13-11-12(19-14(16)20-13)17-7-10(18-11)8-5-3-4-6-9(8)15/h3-7H,2H2,1H3,(H2,16,17,19,20). The van der Waals surface area contributed by atoms with Gasteiger partial charge in [-0.3, -0.25) is 0 Å². The van der Waals surface area contributed by atoms with Gasteiger partial charge in [0.05, 0.1) is 23.5 Å². The SMILES string of the molecule is CCOc1nc(N)nc2ncc(-c3ccccc3Cl)nc12. The number of fused-ring (bicyclic) bond motifs is 1. The van der Waals surface area contributed by atoms with Gasteiger partial charge in [-0.25, -0.2) is 9.97 Å². The number of aromatic nitrogens is 4. The summed E-state index contributed by atoms with van der Waals surface area (Å²) in [5.74, 6) is 0.423. The van der Waals surface area contributed by atoms with E-state index in [2.05, 4.69) is 19.9 Å². The Bertz CT molecular complexity index is 808. The van der Waals surface area contributed by atoms with E-state index < -0.39 is 0 Å². The highest BCUT2D eigenvalue weighted by molar-refractivity contribution is 6.33. The van der Waals surface area contributed by atoms with Crippen molar-refractivity contribution in [3.05, 3.63) is 35.5 Å². The summed E-state index contributed by atoms with van der Waals surface area (Å²) < 4.78 is 5.45. The third-order valence-electron chi connectivity index (χ3n) is 2.82. The molecule has 6 nitrogen and oxygen atoms in total. The summed E-state index contributed by atoms with van der Waals surface area (Å²) in [6.07, 6.45) is 1.60. The summed E-state index contributed by atoms with van der Waals surface area (Å²) in [6, 6.07) is 7.41. The molecule has 0 unspecified atom stereocenters. The van der Waals surface area contributed by atoms with E-state index in [4.69, 9.17) is 22.1 Å². The number of hydrogen-bond donors (Lipinski definition) is 1. The predicted octanol–water partition coefficient (Wildman–Crippen LogP) is 2.72. The van der Waals surface area contributed by atoms with E-state index in [1.54, 1.807) is 12.3 Å². The molecule has 0 aliphatic carbocycles. The van der Waals surface area contributed by atoms with Gasteiger partial charge >= 0.3 is 0 Å². The number of nitrogens with two attached hydrogens (primary N) is 1. The van der Waals surface area contributed by atoms with Crippen LogP contribution in [0.4, 0.5) is 5.95 Å². The van der Waals surface area contributed by atoms with Crippen molar-refractivity contribution in [2.45, 2.75) is 6.92 Å². The van der Waals surface area contributed by atoms with Gasteiger partial charge in [-0.05, 0) is 13.0 Å². The molecule has 7 heteroatoms. The minimum Gasteiger partial charge on any atom is -0.476 e. The largest absolute Gasteiger partial charge is 0.476 e. The maximum atomic E-state index is 6.19. The summed E-state index contributed by atoms with van der Waals surface area (Å²) in [6.45, 7) is 2.30. The molecule has 0 atom stereocenters. The van der Waals surface area contributed by atoms with Crippen LogP contribution in [0.1, 0.15) is 6.92 Å². The summed E-state index contributed by atoms with van der Waals surface area (Å²) in [5.41, 5.74) is 7.90. The highest BCUT2D eigenvalue weighted by Crippen LogP contribution is 2.28. The molecule has 0 bridgehead atoms. The fourth-order valence-corrected chi connectivity index (χ4v) is 2.17. The summed E-state index contributed by atoms with van der Waals surface area (Å²) >= 11 is 6.19. The van der Waals surface area contributed by atoms with E-state index >= 15 is 0 Å². The molecule has 0 aliphatic heterocycles. The van der Waals surface area contributed by atoms with Gasteiger partial charge in [0.25, 0.3) is 0 Å². The van der Waals surface area contributed by atoms with Crippen LogP contribution in [0.15, 0.2) is 30.5 Å². The van der Waals surface area contributed by atoms with Crippen LogP contribution >= 0.6 is 11.6 Å². The molecule has 0 saturated heterocycles. The molecular weight excluding hydrogens is 290 g/mol. The van der Waals surface area contributed by atoms with Gasteiger partial charge < -0.3 is 10.5 Å². The van der Waals surface area contributed by atoms with E-state index in [1.165, 1.54) is 0 Å². The molecule has 3 rings (SSSR count). The fourth-order valence-electron chi connectivity index (χ4n) is 1.93. The average molecular weight is 302 g/mol. The minimum atomic E-state index is 0.103. The first-order valence-electron chi connectivity index (χ1n) is 6.37. The summed E-state index contributed by atoms with van der Waals surface area (Å²) in [5, 5.41) is 0.598. The zero-order valence-electron chi connectivity index (χ0n) is 11.2. The molecule has 2 aromatic heterocycles. The van der Waals surface area contributed by atoms with Gasteiger partial charge in [-0.2, -0.15) is 9.97 Å². The first-order chi connectivity index (χ1) is 10.2. The normalized spacial score (nSPS) is 10.8. The Hall–Kier alpha value is -2.47. The number of benzene rings is 1. The van der Waals surface area contributed by atoms with Crippen LogP contribution in [0, 0.1) is 0 Å². The quantitative estimate of drug-likeness (QED) is 0.800. The molecule has 0 spiro atoms. The van der Waals surface area contributed by atoms with Gasteiger partial charge in [-0.15, -0.1) is 0 Å². The molecule has 0 fully saturated rings. The first kappa shape index (κ1) is 13.5. The maximum Gasteiger partial charge on any atom is 0.247 e. The number of rotatable bonds is 3. The van der Waals surface area contributed by atoms with Gasteiger partial charge in [-0.1, -0.05) is 29.8 Å². The summed E-state index contributed by atoms with van der Waals surface area (Å²) in [4.78, 5) is 16.9. The van der Waals surface area contributed by atoms with Gasteiger partial charge in [0.1, 0.15) is 0 Å². The second-order valence-corrected chi connectivity index (χ2v) is 4.63. The molecule has 21 heavy (non-hydrogen) atoms. The number of ether oxygens (including phenoxy) is 1. The van der Waals surface area contributed by atoms with Crippen LogP contribution in [-0.4, -0.2) is 26.5 Å². The topological polar surface area (TPSA) is 86.8 Å². The van der Waals surface area contributed by atoms with E-state index in [1.807, 2.05) is 25.1 Å². The van der Waals surface area contributed by atoms with Crippen LogP contribution in [0.5, 0.6) is 5.88 Å². The van der Waals surface area contributed by atoms with Crippen molar-refractivity contribution >= 4 is 28.7 Å². The Kier molecular flexibility index (Phi) is 3.53. The van der Waals surface area contributed by atoms with E-state index in [0.29, 0.717) is 34.4 Å². The lowest BCUT2D eigenvalue weighted by atomic mass is 10.1. The minimum absolute atomic E-state index is 0.103. The average Bonchev–Trinajstić information content (AvgIpc) is 2.48. The summed E-state index contributed by atoms with van der Waals surface area (Å²) in [7, 11) is 0. The molecule has 3 aromatic rings. The molecule has 0 amide bonds. The third-order valence-corrected chi connectivity index (χ3v) is 3.15. The van der Waals surface area contributed by atoms with Crippen molar-refractivity contribution in [2.24, 2.45) is 0 Å². The Morgan fingerprint density at radius 1 is 1.19 bits per heavy atom. The van der Waals surface area contributed by atoms with Crippen LogP contribution < -0.4 is 10.5 Å². The third kappa shape index (κ3) is 2.57. The van der Waals surface area contributed by atoms with Crippen LogP contribution in [0.2, 0.25) is 5.02 Å². The number of nitrogen functional groups attached to an aromatic ring is 1. The lowest BCUT2D eigenvalue weighted by molar-refractivity contribution is 0.330. The number of nitrogens with zero attached hydrogens (tertiary/aromatic N) is 4. The highest BCUT2D eigenvalue weighted by atomic mass is 35.5. The van der Waals surface area contributed by atoms with Crippen molar-refractivity contribution in [1.82, 2.24) is 19.9 Å². The van der Waals surface area contributed by atoms with Gasteiger partial charge in [0.15, 0.2) is 11.2 Å².